The van der Waals surface area contributed by atoms with Gasteiger partial charge in [0, 0.05) is 6.07 Å². The summed E-state index contributed by atoms with van der Waals surface area (Å²) in [5, 5.41) is 2.75. The van der Waals surface area contributed by atoms with Crippen molar-refractivity contribution in [1.82, 2.24) is 0 Å². The number of hydrogen-bond donors (Lipinski definition) is 1. The predicted octanol–water partition coefficient (Wildman–Crippen LogP) is 3.85. The summed E-state index contributed by atoms with van der Waals surface area (Å²) < 4.78 is 44.2. The third-order valence-corrected chi connectivity index (χ3v) is 6.68. The SMILES string of the molecule is COc1ccc(OC)c(N(CC(=O)Nc2cc(C)ccc2OC)S(=O)(=O)c2ccccc2)c1. The Bertz CT molecular complexity index is 1230. The summed E-state index contributed by atoms with van der Waals surface area (Å²) in [4.78, 5) is 13.1. The van der Waals surface area contributed by atoms with Crippen molar-refractivity contribution < 1.29 is 27.4 Å². The van der Waals surface area contributed by atoms with Crippen LogP contribution in [0.3, 0.4) is 0 Å². The van der Waals surface area contributed by atoms with Crippen molar-refractivity contribution in [3.63, 3.8) is 0 Å². The van der Waals surface area contributed by atoms with Crippen LogP contribution in [0.1, 0.15) is 5.56 Å². The zero-order chi connectivity index (χ0) is 24.0. The van der Waals surface area contributed by atoms with E-state index in [1.165, 1.54) is 39.5 Å². The number of benzene rings is 3. The number of methoxy groups -OCH3 is 3. The van der Waals surface area contributed by atoms with Gasteiger partial charge in [-0.3, -0.25) is 9.10 Å². The van der Waals surface area contributed by atoms with Crippen molar-refractivity contribution in [3.05, 3.63) is 72.3 Å². The number of anilines is 2. The number of hydrogen-bond acceptors (Lipinski definition) is 6. The minimum absolute atomic E-state index is 0.0378. The topological polar surface area (TPSA) is 94.2 Å². The van der Waals surface area contributed by atoms with Gasteiger partial charge in [0.15, 0.2) is 0 Å². The fourth-order valence-corrected chi connectivity index (χ4v) is 4.70. The molecule has 3 aromatic rings. The smallest absolute Gasteiger partial charge is 0.264 e. The largest absolute Gasteiger partial charge is 0.497 e. The Morgan fingerprint density at radius 2 is 1.55 bits per heavy atom. The molecule has 0 heterocycles. The van der Waals surface area contributed by atoms with Crippen molar-refractivity contribution in [1.29, 1.82) is 0 Å². The number of rotatable bonds is 9. The number of nitrogens with one attached hydrogen (secondary N) is 1. The molecular weight excluding hydrogens is 444 g/mol. The minimum Gasteiger partial charge on any atom is -0.497 e. The molecule has 0 bridgehead atoms. The first kappa shape index (κ1) is 23.9. The van der Waals surface area contributed by atoms with Gasteiger partial charge in [0.1, 0.15) is 23.8 Å². The van der Waals surface area contributed by atoms with Crippen molar-refractivity contribution in [2.75, 3.05) is 37.5 Å². The molecule has 0 aliphatic carbocycles. The lowest BCUT2D eigenvalue weighted by Crippen LogP contribution is -2.38. The molecule has 1 N–H and O–H groups in total. The van der Waals surface area contributed by atoms with Crippen molar-refractivity contribution >= 4 is 27.3 Å². The van der Waals surface area contributed by atoms with Gasteiger partial charge in [0.05, 0.1) is 37.6 Å². The van der Waals surface area contributed by atoms with E-state index in [0.717, 1.165) is 9.87 Å². The van der Waals surface area contributed by atoms with E-state index in [9.17, 15) is 13.2 Å². The number of nitrogens with zero attached hydrogens (tertiary/aromatic N) is 1. The molecule has 0 fully saturated rings. The molecule has 3 rings (SSSR count). The summed E-state index contributed by atoms with van der Waals surface area (Å²) >= 11 is 0. The highest BCUT2D eigenvalue weighted by Crippen LogP contribution is 2.36. The lowest BCUT2D eigenvalue weighted by molar-refractivity contribution is -0.114. The molecule has 0 aliphatic heterocycles. The second-order valence-electron chi connectivity index (χ2n) is 7.11. The Balaban J connectivity index is 2.05. The summed E-state index contributed by atoms with van der Waals surface area (Å²) in [6.07, 6.45) is 0. The van der Waals surface area contributed by atoms with Gasteiger partial charge in [-0.15, -0.1) is 0 Å². The molecule has 0 aliphatic rings. The van der Waals surface area contributed by atoms with Gasteiger partial charge in [0.2, 0.25) is 5.91 Å². The lowest BCUT2D eigenvalue weighted by atomic mass is 10.2. The maximum absolute atomic E-state index is 13.6. The minimum atomic E-state index is -4.12. The van der Waals surface area contributed by atoms with Gasteiger partial charge in [-0.1, -0.05) is 24.3 Å². The van der Waals surface area contributed by atoms with Crippen LogP contribution in [0.5, 0.6) is 17.2 Å². The van der Waals surface area contributed by atoms with E-state index in [4.69, 9.17) is 14.2 Å². The molecule has 1 amide bonds. The van der Waals surface area contributed by atoms with Crippen LogP contribution in [-0.2, 0) is 14.8 Å². The van der Waals surface area contributed by atoms with E-state index in [2.05, 4.69) is 5.32 Å². The molecule has 9 heteroatoms. The average molecular weight is 471 g/mol. The van der Waals surface area contributed by atoms with E-state index >= 15 is 0 Å². The molecule has 0 unspecified atom stereocenters. The zero-order valence-corrected chi connectivity index (χ0v) is 19.7. The first-order valence-corrected chi connectivity index (χ1v) is 11.5. The maximum atomic E-state index is 13.6. The Morgan fingerprint density at radius 1 is 0.879 bits per heavy atom. The number of ether oxygens (including phenoxy) is 3. The Kier molecular flexibility index (Phi) is 7.44. The molecule has 174 valence electrons. The summed E-state index contributed by atoms with van der Waals surface area (Å²) in [5.74, 6) is 0.602. The second kappa shape index (κ2) is 10.3. The van der Waals surface area contributed by atoms with Crippen LogP contribution < -0.4 is 23.8 Å². The van der Waals surface area contributed by atoms with Crippen LogP contribution in [0, 0.1) is 6.92 Å². The fourth-order valence-electron chi connectivity index (χ4n) is 3.25. The van der Waals surface area contributed by atoms with Crippen LogP contribution in [0.25, 0.3) is 0 Å². The molecule has 0 spiro atoms. The summed E-state index contributed by atoms with van der Waals surface area (Å²) in [6, 6.07) is 18.0. The number of carbonyl (C=O) groups is 1. The first-order chi connectivity index (χ1) is 15.8. The maximum Gasteiger partial charge on any atom is 0.264 e. The van der Waals surface area contributed by atoms with Gasteiger partial charge >= 0.3 is 0 Å². The molecule has 0 aromatic heterocycles. The van der Waals surface area contributed by atoms with E-state index < -0.39 is 22.5 Å². The predicted molar refractivity (Wildman–Crippen MR) is 127 cm³/mol. The second-order valence-corrected chi connectivity index (χ2v) is 8.98. The summed E-state index contributed by atoms with van der Waals surface area (Å²) in [5.41, 5.74) is 1.53. The van der Waals surface area contributed by atoms with Crippen LogP contribution in [0.15, 0.2) is 71.6 Å². The molecule has 0 saturated heterocycles. The lowest BCUT2D eigenvalue weighted by Gasteiger charge is -2.26. The van der Waals surface area contributed by atoms with E-state index in [0.29, 0.717) is 17.2 Å². The highest BCUT2D eigenvalue weighted by atomic mass is 32.2. The van der Waals surface area contributed by atoms with Gasteiger partial charge in [-0.05, 0) is 48.9 Å². The highest BCUT2D eigenvalue weighted by Gasteiger charge is 2.30. The molecule has 8 nitrogen and oxygen atoms in total. The Labute approximate surface area is 193 Å². The van der Waals surface area contributed by atoms with E-state index in [1.807, 2.05) is 13.0 Å². The quantitative estimate of drug-likeness (QED) is 0.511. The normalized spacial score (nSPS) is 10.9. The Hall–Kier alpha value is -3.72. The molecule has 33 heavy (non-hydrogen) atoms. The van der Waals surface area contributed by atoms with Crippen LogP contribution in [-0.4, -0.2) is 42.2 Å². The third-order valence-electron chi connectivity index (χ3n) is 4.90. The van der Waals surface area contributed by atoms with Crippen molar-refractivity contribution in [2.24, 2.45) is 0 Å². The highest BCUT2D eigenvalue weighted by molar-refractivity contribution is 7.92. The number of carbonyl (C=O) groups excluding carboxylic acids is 1. The van der Waals surface area contributed by atoms with Crippen LogP contribution >= 0.6 is 0 Å². The number of sulfonamides is 1. The molecule has 0 saturated carbocycles. The summed E-state index contributed by atoms with van der Waals surface area (Å²) in [7, 11) is 0.274. The molecule has 0 radical (unpaired) electrons. The zero-order valence-electron chi connectivity index (χ0n) is 18.9. The number of aryl methyl sites for hydroxylation is 1. The fraction of sp³-hybridized carbons (Fsp3) is 0.208. The van der Waals surface area contributed by atoms with Crippen molar-refractivity contribution in [3.8, 4) is 17.2 Å². The van der Waals surface area contributed by atoms with Gasteiger partial charge in [0.25, 0.3) is 10.0 Å². The van der Waals surface area contributed by atoms with Gasteiger partial charge in [-0.2, -0.15) is 0 Å². The summed E-state index contributed by atoms with van der Waals surface area (Å²) in [6.45, 7) is 1.38. The first-order valence-electron chi connectivity index (χ1n) is 10.0. The monoisotopic (exact) mass is 470 g/mol. The molecule has 0 atom stereocenters. The molecule has 3 aromatic carbocycles. The third kappa shape index (κ3) is 5.38. The van der Waals surface area contributed by atoms with Crippen LogP contribution in [0.4, 0.5) is 11.4 Å². The van der Waals surface area contributed by atoms with E-state index in [1.54, 1.807) is 42.5 Å². The van der Waals surface area contributed by atoms with Gasteiger partial charge < -0.3 is 19.5 Å². The number of amides is 1. The average Bonchev–Trinajstić information content (AvgIpc) is 2.82. The molecular formula is C24H26N2O6S. The standard InChI is InChI=1S/C24H26N2O6S/c1-17-10-12-22(31-3)20(14-17)25-24(27)16-26(33(28,29)19-8-6-5-7-9-19)21-15-18(30-2)11-13-23(21)32-4/h5-15H,16H2,1-4H3,(H,25,27). The van der Waals surface area contributed by atoms with E-state index in [-0.39, 0.29) is 16.3 Å². The Morgan fingerprint density at radius 3 is 2.18 bits per heavy atom. The van der Waals surface area contributed by atoms with Crippen molar-refractivity contribution in [2.45, 2.75) is 11.8 Å². The van der Waals surface area contributed by atoms with Gasteiger partial charge in [-0.25, -0.2) is 8.42 Å². The van der Waals surface area contributed by atoms with Crippen LogP contribution in [0.2, 0.25) is 0 Å².